The molecule has 0 aromatic heterocycles. The van der Waals surface area contributed by atoms with Gasteiger partial charge in [0, 0.05) is 26.2 Å². The van der Waals surface area contributed by atoms with Gasteiger partial charge in [-0.15, -0.1) is 0 Å². The molecule has 0 aliphatic carbocycles. The molecule has 1 amide bonds. The van der Waals surface area contributed by atoms with Gasteiger partial charge in [0.1, 0.15) is 5.75 Å². The van der Waals surface area contributed by atoms with E-state index in [0.29, 0.717) is 26.2 Å². The molecule has 1 aromatic rings. The normalized spacial score (nSPS) is 19.5. The Bertz CT molecular complexity index is 695. The molecule has 0 saturated carbocycles. The van der Waals surface area contributed by atoms with Crippen LogP contribution in [0, 0.1) is 5.92 Å². The van der Waals surface area contributed by atoms with Crippen molar-refractivity contribution >= 4 is 15.9 Å². The molecule has 22 heavy (non-hydrogen) atoms. The van der Waals surface area contributed by atoms with E-state index < -0.39 is 10.0 Å². The van der Waals surface area contributed by atoms with Gasteiger partial charge in [0.25, 0.3) is 0 Å². The summed E-state index contributed by atoms with van der Waals surface area (Å²) >= 11 is 0. The van der Waals surface area contributed by atoms with Crippen LogP contribution >= 0.6 is 0 Å². The van der Waals surface area contributed by atoms with Gasteiger partial charge in [0.15, 0.2) is 0 Å². The molecule has 0 bridgehead atoms. The van der Waals surface area contributed by atoms with Crippen LogP contribution in [0.2, 0.25) is 0 Å². The van der Waals surface area contributed by atoms with Crippen LogP contribution in [0.4, 0.5) is 0 Å². The first kappa shape index (κ1) is 15.3. The molecule has 0 spiro atoms. The summed E-state index contributed by atoms with van der Waals surface area (Å²) in [5, 5.41) is 0. The van der Waals surface area contributed by atoms with Gasteiger partial charge in [-0.1, -0.05) is 6.07 Å². The van der Waals surface area contributed by atoms with Gasteiger partial charge >= 0.3 is 0 Å². The number of nitrogens with zero attached hydrogens (tertiary/aromatic N) is 2. The van der Waals surface area contributed by atoms with Gasteiger partial charge < -0.3 is 9.64 Å². The maximum absolute atomic E-state index is 12.5. The Morgan fingerprint density at radius 1 is 1.27 bits per heavy atom. The first-order valence-corrected chi connectivity index (χ1v) is 9.13. The van der Waals surface area contributed by atoms with E-state index in [1.807, 2.05) is 23.1 Å². The summed E-state index contributed by atoms with van der Waals surface area (Å²) in [6, 6.07) is 5.92. The molecule has 0 unspecified atom stereocenters. The number of sulfonamides is 1. The van der Waals surface area contributed by atoms with Crippen LogP contribution in [0.3, 0.4) is 0 Å². The third-order valence-corrected chi connectivity index (χ3v) is 5.64. The molecule has 2 aliphatic heterocycles. The predicted octanol–water partition coefficient (Wildman–Crippen LogP) is 0.471. The number of hydrogen-bond acceptors (Lipinski definition) is 4. The monoisotopic (exact) mass is 324 g/mol. The van der Waals surface area contributed by atoms with Crippen LogP contribution in [0.25, 0.3) is 0 Å². The minimum Gasteiger partial charge on any atom is -0.497 e. The Balaban J connectivity index is 1.64. The molecule has 3 rings (SSSR count). The lowest BCUT2D eigenvalue weighted by Gasteiger charge is -2.40. The Morgan fingerprint density at radius 2 is 2.00 bits per heavy atom. The van der Waals surface area contributed by atoms with Crippen LogP contribution in [0.1, 0.15) is 11.1 Å². The highest BCUT2D eigenvalue weighted by molar-refractivity contribution is 7.88. The fourth-order valence-corrected chi connectivity index (χ4v) is 3.87. The number of amides is 1. The second kappa shape index (κ2) is 5.55. The van der Waals surface area contributed by atoms with Crippen molar-refractivity contribution in [2.24, 2.45) is 5.92 Å². The van der Waals surface area contributed by atoms with Crippen molar-refractivity contribution < 1.29 is 17.9 Å². The van der Waals surface area contributed by atoms with Crippen LogP contribution in [0.15, 0.2) is 18.2 Å². The molecule has 120 valence electrons. The van der Waals surface area contributed by atoms with Gasteiger partial charge in [-0.2, -0.15) is 0 Å². The van der Waals surface area contributed by atoms with Crippen molar-refractivity contribution in [3.63, 3.8) is 0 Å². The number of fused-ring (bicyclic) bond motifs is 1. The number of rotatable bonds is 3. The number of hydrogen-bond donors (Lipinski definition) is 0. The van der Waals surface area contributed by atoms with Gasteiger partial charge in [-0.25, -0.2) is 12.7 Å². The highest BCUT2D eigenvalue weighted by Gasteiger charge is 2.40. The molecule has 0 radical (unpaired) electrons. The van der Waals surface area contributed by atoms with Crippen molar-refractivity contribution in [3.05, 3.63) is 29.3 Å². The maximum Gasteiger partial charge on any atom is 0.228 e. The highest BCUT2D eigenvalue weighted by Crippen LogP contribution is 2.27. The molecule has 1 fully saturated rings. The third-order valence-electron chi connectivity index (χ3n) is 4.40. The van der Waals surface area contributed by atoms with E-state index in [-0.39, 0.29) is 11.8 Å². The van der Waals surface area contributed by atoms with Crippen molar-refractivity contribution in [3.8, 4) is 5.75 Å². The molecule has 1 aromatic carbocycles. The maximum atomic E-state index is 12.5. The summed E-state index contributed by atoms with van der Waals surface area (Å²) in [5.74, 6) is 0.692. The average molecular weight is 324 g/mol. The summed E-state index contributed by atoms with van der Waals surface area (Å²) in [6.45, 7) is 1.88. The van der Waals surface area contributed by atoms with E-state index in [1.165, 1.54) is 16.1 Å². The number of carbonyl (C=O) groups is 1. The largest absolute Gasteiger partial charge is 0.497 e. The Hall–Kier alpha value is -1.60. The Morgan fingerprint density at radius 3 is 2.64 bits per heavy atom. The molecule has 6 nitrogen and oxygen atoms in total. The van der Waals surface area contributed by atoms with Crippen molar-refractivity contribution in [1.82, 2.24) is 9.21 Å². The van der Waals surface area contributed by atoms with Crippen LogP contribution in [0.5, 0.6) is 5.75 Å². The number of methoxy groups -OCH3 is 1. The lowest BCUT2D eigenvalue weighted by atomic mass is 9.96. The zero-order valence-corrected chi connectivity index (χ0v) is 13.6. The van der Waals surface area contributed by atoms with E-state index in [0.717, 1.165) is 17.7 Å². The number of benzene rings is 1. The smallest absolute Gasteiger partial charge is 0.228 e. The molecule has 2 heterocycles. The predicted molar refractivity (Wildman–Crippen MR) is 82.0 cm³/mol. The van der Waals surface area contributed by atoms with E-state index in [4.69, 9.17) is 4.74 Å². The number of ether oxygens (including phenoxy) is 1. The molecule has 2 aliphatic rings. The summed E-state index contributed by atoms with van der Waals surface area (Å²) in [6.07, 6.45) is 1.99. The zero-order chi connectivity index (χ0) is 15.9. The summed E-state index contributed by atoms with van der Waals surface area (Å²) in [4.78, 5) is 14.3. The quantitative estimate of drug-likeness (QED) is 0.811. The van der Waals surface area contributed by atoms with Crippen LogP contribution in [-0.4, -0.2) is 56.5 Å². The van der Waals surface area contributed by atoms with E-state index in [2.05, 4.69) is 0 Å². The minimum absolute atomic E-state index is 0.0568. The zero-order valence-electron chi connectivity index (χ0n) is 12.8. The lowest BCUT2D eigenvalue weighted by molar-refractivity contribution is -0.139. The summed E-state index contributed by atoms with van der Waals surface area (Å²) < 4.78 is 29.3. The Kier molecular flexibility index (Phi) is 3.86. The topological polar surface area (TPSA) is 66.9 Å². The van der Waals surface area contributed by atoms with E-state index in [9.17, 15) is 13.2 Å². The molecule has 0 N–H and O–H groups in total. The molecule has 7 heteroatoms. The first-order chi connectivity index (χ1) is 10.4. The fraction of sp³-hybridized carbons (Fsp3) is 0.533. The molecule has 0 atom stereocenters. The van der Waals surface area contributed by atoms with Crippen LogP contribution < -0.4 is 4.74 Å². The molecule has 1 saturated heterocycles. The van der Waals surface area contributed by atoms with Crippen molar-refractivity contribution in [2.75, 3.05) is 33.0 Å². The van der Waals surface area contributed by atoms with E-state index in [1.54, 1.807) is 7.11 Å². The SMILES string of the molecule is COc1ccc2c(c1)CCN(C(=O)C1CN(S(C)(=O)=O)C1)C2. The second-order valence-corrected chi connectivity index (χ2v) is 7.90. The summed E-state index contributed by atoms with van der Waals surface area (Å²) in [5.41, 5.74) is 2.36. The molecular formula is C15H20N2O4S. The second-order valence-electron chi connectivity index (χ2n) is 5.92. The lowest BCUT2D eigenvalue weighted by Crippen LogP contribution is -2.56. The fourth-order valence-electron chi connectivity index (χ4n) is 2.97. The van der Waals surface area contributed by atoms with E-state index >= 15 is 0 Å². The Labute approximate surface area is 130 Å². The highest BCUT2D eigenvalue weighted by atomic mass is 32.2. The summed E-state index contributed by atoms with van der Waals surface area (Å²) in [7, 11) is -1.53. The average Bonchev–Trinajstić information content (AvgIpc) is 2.42. The minimum atomic E-state index is -3.17. The van der Waals surface area contributed by atoms with Gasteiger partial charge in [-0.05, 0) is 29.7 Å². The van der Waals surface area contributed by atoms with Crippen molar-refractivity contribution in [2.45, 2.75) is 13.0 Å². The van der Waals surface area contributed by atoms with Gasteiger partial charge in [0.05, 0.1) is 19.3 Å². The van der Waals surface area contributed by atoms with Crippen LogP contribution in [-0.2, 0) is 27.8 Å². The standard InChI is InChI=1S/C15H20N2O4S/c1-21-14-4-3-12-8-16(6-5-11(12)7-14)15(18)13-9-17(10-13)22(2,19)20/h3-4,7,13H,5-6,8-10H2,1-2H3. The van der Waals surface area contributed by atoms with Gasteiger partial charge in [-0.3, -0.25) is 4.79 Å². The third kappa shape index (κ3) is 2.83. The molecular weight excluding hydrogens is 304 g/mol. The first-order valence-electron chi connectivity index (χ1n) is 7.28. The van der Waals surface area contributed by atoms with Gasteiger partial charge in [0.2, 0.25) is 15.9 Å². The van der Waals surface area contributed by atoms with Crippen molar-refractivity contribution in [1.29, 1.82) is 0 Å². The number of carbonyl (C=O) groups excluding carboxylic acids is 1.